The molecule has 0 unspecified atom stereocenters. The molecule has 4 aliphatic carbocycles. The van der Waals surface area contributed by atoms with Crippen molar-refractivity contribution in [1.82, 2.24) is 10.9 Å². The van der Waals surface area contributed by atoms with Crippen LogP contribution in [0, 0.1) is 37.0 Å². The molecule has 0 heterocycles. The topological polar surface area (TPSA) is 75.3 Å². The molecule has 4 bridgehead atoms. The summed E-state index contributed by atoms with van der Waals surface area (Å²) in [7, 11) is 0. The van der Waals surface area contributed by atoms with Gasteiger partial charge in [-0.15, -0.1) is 0 Å². The number of hydrogen-bond donors (Lipinski definition) is 2. The van der Waals surface area contributed by atoms with E-state index < -0.39 is 0 Å². The highest BCUT2D eigenvalue weighted by Gasteiger charge is 2.51. The van der Waals surface area contributed by atoms with Crippen molar-refractivity contribution in [2.45, 2.75) is 71.6 Å². The number of hydrazine groups is 1. The summed E-state index contributed by atoms with van der Waals surface area (Å²) in [5, 5.41) is 0. The molecule has 2 amide bonds. The van der Waals surface area contributed by atoms with Crippen LogP contribution in [-0.4, -0.2) is 17.6 Å². The van der Waals surface area contributed by atoms with Crippen molar-refractivity contribution in [2.75, 3.05) is 0 Å². The summed E-state index contributed by atoms with van der Waals surface area (Å²) in [5.41, 5.74) is 8.08. The summed E-state index contributed by atoms with van der Waals surface area (Å²) in [6.45, 7) is 3.97. The van der Waals surface area contributed by atoms with Crippen LogP contribution in [0.15, 0.2) is 18.2 Å². The van der Waals surface area contributed by atoms with Crippen molar-refractivity contribution in [1.29, 1.82) is 0 Å². The van der Waals surface area contributed by atoms with E-state index in [1.54, 1.807) is 6.07 Å². The Morgan fingerprint density at radius 2 is 1.45 bits per heavy atom. The summed E-state index contributed by atoms with van der Waals surface area (Å²) in [6.07, 6.45) is 8.30. The largest absolute Gasteiger partial charge is 0.294 e. The number of nitrogens with one attached hydrogen (secondary N) is 2. The van der Waals surface area contributed by atoms with Crippen LogP contribution in [-0.2, 0) is 9.59 Å². The van der Waals surface area contributed by atoms with Gasteiger partial charge in [0.15, 0.2) is 5.78 Å². The molecule has 2 N–H and O–H groups in total. The molecule has 1 aromatic rings. The van der Waals surface area contributed by atoms with Crippen LogP contribution >= 0.6 is 0 Å². The Balaban J connectivity index is 1.21. The monoisotopic (exact) mass is 396 g/mol. The summed E-state index contributed by atoms with van der Waals surface area (Å²) in [5.74, 6) is 1.95. The van der Waals surface area contributed by atoms with Crippen molar-refractivity contribution in [2.24, 2.45) is 23.2 Å². The van der Waals surface area contributed by atoms with E-state index in [-0.39, 0.29) is 35.9 Å². The first-order chi connectivity index (χ1) is 13.8. The maximum absolute atomic E-state index is 12.5. The lowest BCUT2D eigenvalue weighted by atomic mass is 9.49. The second kappa shape index (κ2) is 7.92. The second-order valence-electron chi connectivity index (χ2n) is 9.91. The number of hydrogen-bond acceptors (Lipinski definition) is 3. The Morgan fingerprint density at radius 3 is 2.03 bits per heavy atom. The van der Waals surface area contributed by atoms with E-state index in [2.05, 4.69) is 10.9 Å². The first-order valence-electron chi connectivity index (χ1n) is 11.0. The van der Waals surface area contributed by atoms with Crippen LogP contribution in [0.25, 0.3) is 0 Å². The lowest BCUT2D eigenvalue weighted by molar-refractivity contribution is -0.134. The molecule has 29 heavy (non-hydrogen) atoms. The predicted octanol–water partition coefficient (Wildman–Crippen LogP) is 4.02. The molecule has 0 aromatic heterocycles. The number of Topliss-reactive ketones (excluding diaryl/α,β-unsaturated/α-hetero) is 1. The number of rotatable bonds is 6. The van der Waals surface area contributed by atoms with Crippen LogP contribution in [0.4, 0.5) is 0 Å². The van der Waals surface area contributed by atoms with Gasteiger partial charge in [-0.2, -0.15) is 0 Å². The van der Waals surface area contributed by atoms with Gasteiger partial charge >= 0.3 is 0 Å². The minimum Gasteiger partial charge on any atom is -0.294 e. The van der Waals surface area contributed by atoms with Gasteiger partial charge in [0, 0.05) is 24.8 Å². The van der Waals surface area contributed by atoms with Gasteiger partial charge in [0.05, 0.1) is 0 Å². The zero-order valence-corrected chi connectivity index (χ0v) is 17.6. The van der Waals surface area contributed by atoms with Crippen LogP contribution in [0.1, 0.15) is 79.3 Å². The van der Waals surface area contributed by atoms with Crippen molar-refractivity contribution in [3.63, 3.8) is 0 Å². The first-order valence-corrected chi connectivity index (χ1v) is 11.0. The standard InChI is InChI=1S/C24H32N2O3/c1-15-3-4-20(7-16(15)2)21(27)5-6-22(28)25-26-23(29)14-24-11-17-8-18(12-24)10-19(9-17)13-24/h3-4,7,17-19H,5-6,8-14H2,1-2H3,(H,25,28)(H,26,29). The third-order valence-electron chi connectivity index (χ3n) is 7.45. The summed E-state index contributed by atoms with van der Waals surface area (Å²) < 4.78 is 0. The van der Waals surface area contributed by atoms with Gasteiger partial charge in [0.1, 0.15) is 0 Å². The molecule has 1 aromatic carbocycles. The zero-order valence-electron chi connectivity index (χ0n) is 17.6. The highest BCUT2D eigenvalue weighted by Crippen LogP contribution is 2.61. The van der Waals surface area contributed by atoms with Crippen molar-refractivity contribution >= 4 is 17.6 Å². The summed E-state index contributed by atoms with van der Waals surface area (Å²) in [6, 6.07) is 5.59. The normalized spacial score (nSPS) is 29.5. The van der Waals surface area contributed by atoms with E-state index in [1.807, 2.05) is 26.0 Å². The molecule has 0 radical (unpaired) electrons. The molecule has 4 saturated carbocycles. The highest BCUT2D eigenvalue weighted by molar-refractivity contribution is 5.98. The Kier molecular flexibility index (Phi) is 5.50. The molecule has 156 valence electrons. The van der Waals surface area contributed by atoms with Crippen LogP contribution in [0.2, 0.25) is 0 Å². The lowest BCUT2D eigenvalue weighted by Gasteiger charge is -2.56. The predicted molar refractivity (Wildman–Crippen MR) is 111 cm³/mol. The molecule has 0 atom stereocenters. The number of carbonyl (C=O) groups excluding carboxylic acids is 3. The van der Waals surface area contributed by atoms with E-state index in [0.29, 0.717) is 12.0 Å². The van der Waals surface area contributed by atoms with Gasteiger partial charge in [-0.1, -0.05) is 12.1 Å². The van der Waals surface area contributed by atoms with Crippen LogP contribution in [0.5, 0.6) is 0 Å². The fourth-order valence-corrected chi connectivity index (χ4v) is 6.38. The SMILES string of the molecule is Cc1ccc(C(=O)CCC(=O)NNC(=O)CC23CC4CC(CC(C4)C2)C3)cc1C. The van der Waals surface area contributed by atoms with Gasteiger partial charge in [-0.25, -0.2) is 0 Å². The van der Waals surface area contributed by atoms with Crippen LogP contribution < -0.4 is 10.9 Å². The summed E-state index contributed by atoms with van der Waals surface area (Å²) in [4.78, 5) is 36.9. The Bertz CT molecular complexity index is 794. The first kappa shape index (κ1) is 20.1. The molecule has 5 nitrogen and oxygen atoms in total. The number of ketones is 1. The van der Waals surface area contributed by atoms with Gasteiger partial charge in [-0.3, -0.25) is 25.2 Å². The Labute approximate surface area is 173 Å². The fraction of sp³-hybridized carbons (Fsp3) is 0.625. The minimum absolute atomic E-state index is 0.0526. The third kappa shape index (κ3) is 4.54. The van der Waals surface area contributed by atoms with E-state index in [0.717, 1.165) is 28.9 Å². The molecule has 5 rings (SSSR count). The smallest absolute Gasteiger partial charge is 0.238 e. The Morgan fingerprint density at radius 1 is 0.862 bits per heavy atom. The van der Waals surface area contributed by atoms with Crippen molar-refractivity contribution in [3.8, 4) is 0 Å². The van der Waals surface area contributed by atoms with Crippen molar-refractivity contribution < 1.29 is 14.4 Å². The third-order valence-corrected chi connectivity index (χ3v) is 7.45. The second-order valence-corrected chi connectivity index (χ2v) is 9.91. The average molecular weight is 397 g/mol. The average Bonchev–Trinajstić information content (AvgIpc) is 2.65. The zero-order chi connectivity index (χ0) is 20.6. The van der Waals surface area contributed by atoms with Crippen LogP contribution in [0.3, 0.4) is 0 Å². The van der Waals surface area contributed by atoms with Crippen molar-refractivity contribution in [3.05, 3.63) is 34.9 Å². The molecule has 0 aliphatic heterocycles. The van der Waals surface area contributed by atoms with E-state index in [4.69, 9.17) is 0 Å². The maximum Gasteiger partial charge on any atom is 0.238 e. The fourth-order valence-electron chi connectivity index (χ4n) is 6.38. The molecular weight excluding hydrogens is 364 g/mol. The minimum atomic E-state index is -0.318. The lowest BCUT2D eigenvalue weighted by Crippen LogP contribution is -2.50. The Hall–Kier alpha value is -2.17. The van der Waals surface area contributed by atoms with E-state index in [9.17, 15) is 14.4 Å². The van der Waals surface area contributed by atoms with Gasteiger partial charge in [-0.05, 0) is 92.7 Å². The molecular formula is C24H32N2O3. The highest BCUT2D eigenvalue weighted by atomic mass is 16.2. The van der Waals surface area contributed by atoms with Gasteiger partial charge in [0.2, 0.25) is 11.8 Å². The van der Waals surface area contributed by atoms with Gasteiger partial charge < -0.3 is 0 Å². The summed E-state index contributed by atoms with van der Waals surface area (Å²) >= 11 is 0. The number of aryl methyl sites for hydroxylation is 2. The molecule has 4 fully saturated rings. The van der Waals surface area contributed by atoms with E-state index >= 15 is 0 Å². The number of amides is 2. The number of carbonyl (C=O) groups is 3. The quantitative estimate of drug-likeness (QED) is 0.563. The maximum atomic E-state index is 12.5. The number of benzene rings is 1. The molecule has 4 aliphatic rings. The molecule has 5 heteroatoms. The van der Waals surface area contributed by atoms with Gasteiger partial charge in [0.25, 0.3) is 0 Å². The van der Waals surface area contributed by atoms with E-state index in [1.165, 1.54) is 38.5 Å². The molecule has 0 saturated heterocycles. The molecule has 0 spiro atoms.